The van der Waals surface area contributed by atoms with Crippen LogP contribution in [0.3, 0.4) is 0 Å². The van der Waals surface area contributed by atoms with Crippen molar-refractivity contribution in [1.29, 1.82) is 0 Å². The molecule has 0 saturated carbocycles. The van der Waals surface area contributed by atoms with Crippen LogP contribution < -0.4 is 0 Å². The summed E-state index contributed by atoms with van der Waals surface area (Å²) in [6.07, 6.45) is 2.71. The van der Waals surface area contributed by atoms with Crippen LogP contribution in [0.2, 0.25) is 0 Å². The maximum Gasteiger partial charge on any atom is 0.334 e. The van der Waals surface area contributed by atoms with Crippen LogP contribution in [0.25, 0.3) is 5.69 Å². The van der Waals surface area contributed by atoms with Gasteiger partial charge in [-0.1, -0.05) is 18.2 Å². The number of aromatic nitrogens is 2. The van der Waals surface area contributed by atoms with Crippen molar-refractivity contribution in [3.8, 4) is 5.69 Å². The number of morpholine rings is 1. The topological polar surface area (TPSA) is 84.7 Å². The van der Waals surface area contributed by atoms with Gasteiger partial charge in [0.25, 0.3) is 0 Å². The third-order valence-electron chi connectivity index (χ3n) is 3.71. The van der Waals surface area contributed by atoms with Crippen LogP contribution in [0.15, 0.2) is 42.7 Å². The van der Waals surface area contributed by atoms with Crippen LogP contribution in [-0.2, 0) is 20.7 Å². The molecule has 23 heavy (non-hydrogen) atoms. The summed E-state index contributed by atoms with van der Waals surface area (Å²) < 4.78 is 6.83. The minimum Gasteiger partial charge on any atom is -0.479 e. The predicted octanol–water partition coefficient (Wildman–Crippen LogP) is 0.727. The van der Waals surface area contributed by atoms with Crippen LogP contribution in [0.1, 0.15) is 5.56 Å². The summed E-state index contributed by atoms with van der Waals surface area (Å²) in [7, 11) is 0. The summed E-state index contributed by atoms with van der Waals surface area (Å²) in [5, 5.41) is 13.2. The van der Waals surface area contributed by atoms with Gasteiger partial charge in [-0.05, 0) is 17.7 Å². The summed E-state index contributed by atoms with van der Waals surface area (Å²) in [6.45, 7) is 0.739. The molecule has 1 aliphatic rings. The van der Waals surface area contributed by atoms with Gasteiger partial charge in [-0.25, -0.2) is 9.48 Å². The first-order valence-corrected chi connectivity index (χ1v) is 7.34. The van der Waals surface area contributed by atoms with Crippen LogP contribution in [0.4, 0.5) is 0 Å². The van der Waals surface area contributed by atoms with Gasteiger partial charge in [-0.15, -0.1) is 0 Å². The lowest BCUT2D eigenvalue weighted by Gasteiger charge is -2.30. The van der Waals surface area contributed by atoms with E-state index in [-0.39, 0.29) is 25.5 Å². The quantitative estimate of drug-likeness (QED) is 0.899. The first-order chi connectivity index (χ1) is 11.1. The molecule has 1 aromatic carbocycles. The van der Waals surface area contributed by atoms with Crippen molar-refractivity contribution in [2.75, 3.05) is 19.7 Å². The van der Waals surface area contributed by atoms with Crippen LogP contribution in [0.5, 0.6) is 0 Å². The lowest BCUT2D eigenvalue weighted by Crippen LogP contribution is -2.49. The molecule has 1 aromatic heterocycles. The van der Waals surface area contributed by atoms with Gasteiger partial charge in [0.15, 0.2) is 6.10 Å². The van der Waals surface area contributed by atoms with Crippen molar-refractivity contribution in [3.05, 3.63) is 48.3 Å². The van der Waals surface area contributed by atoms with E-state index < -0.39 is 12.1 Å². The molecule has 1 fully saturated rings. The molecule has 1 saturated heterocycles. The third-order valence-corrected chi connectivity index (χ3v) is 3.71. The number of para-hydroxylation sites is 1. The van der Waals surface area contributed by atoms with Crippen molar-refractivity contribution in [2.45, 2.75) is 12.5 Å². The average molecular weight is 315 g/mol. The lowest BCUT2D eigenvalue weighted by atomic mass is 10.2. The number of hydrogen-bond donors (Lipinski definition) is 1. The summed E-state index contributed by atoms with van der Waals surface area (Å²) in [5.74, 6) is -1.16. The van der Waals surface area contributed by atoms with Gasteiger partial charge in [0.1, 0.15) is 0 Å². The molecule has 0 bridgehead atoms. The number of carbonyl (C=O) groups excluding carboxylic acids is 1. The molecule has 0 radical (unpaired) electrons. The van der Waals surface area contributed by atoms with E-state index in [0.717, 1.165) is 11.3 Å². The Balaban J connectivity index is 1.64. The average Bonchev–Trinajstić information content (AvgIpc) is 3.04. The molecule has 1 N–H and O–H groups in total. The van der Waals surface area contributed by atoms with E-state index >= 15 is 0 Å². The van der Waals surface area contributed by atoms with Crippen molar-refractivity contribution in [1.82, 2.24) is 14.7 Å². The van der Waals surface area contributed by atoms with Crippen LogP contribution in [-0.4, -0.2) is 57.5 Å². The molecule has 1 atom stereocenters. The minimum absolute atomic E-state index is 0.0843. The zero-order chi connectivity index (χ0) is 16.2. The second-order valence-corrected chi connectivity index (χ2v) is 5.34. The monoisotopic (exact) mass is 315 g/mol. The number of benzene rings is 1. The van der Waals surface area contributed by atoms with Gasteiger partial charge in [0, 0.05) is 12.7 Å². The molecule has 0 spiro atoms. The molecule has 1 amide bonds. The largest absolute Gasteiger partial charge is 0.479 e. The number of nitrogens with zero attached hydrogens (tertiary/aromatic N) is 3. The fourth-order valence-corrected chi connectivity index (χ4v) is 2.48. The Labute approximate surface area is 133 Å². The Hall–Kier alpha value is -2.67. The molecule has 120 valence electrons. The van der Waals surface area contributed by atoms with Gasteiger partial charge in [0.05, 0.1) is 31.5 Å². The zero-order valence-electron chi connectivity index (χ0n) is 12.5. The highest BCUT2D eigenvalue weighted by atomic mass is 16.5. The van der Waals surface area contributed by atoms with Crippen LogP contribution in [0, 0.1) is 0 Å². The lowest BCUT2D eigenvalue weighted by molar-refractivity contribution is -0.159. The number of carboxylic acids is 1. The van der Waals surface area contributed by atoms with Gasteiger partial charge in [0.2, 0.25) is 5.91 Å². The third kappa shape index (κ3) is 3.57. The number of carboxylic acid groups (broad SMARTS) is 1. The Bertz CT molecular complexity index is 698. The Morgan fingerprint density at radius 1 is 1.30 bits per heavy atom. The standard InChI is InChI=1S/C16H17N3O4/c20-15(18-6-7-23-14(11-18)16(21)22)8-12-9-17-19(10-12)13-4-2-1-3-5-13/h1-5,9-10,14H,6-8,11H2,(H,21,22)/t14-/m0/s1. The van der Waals surface area contributed by atoms with E-state index in [1.807, 2.05) is 36.5 Å². The summed E-state index contributed by atoms with van der Waals surface area (Å²) in [5.41, 5.74) is 1.71. The maximum atomic E-state index is 12.3. The molecule has 2 heterocycles. The number of amides is 1. The number of rotatable bonds is 4. The highest BCUT2D eigenvalue weighted by Gasteiger charge is 2.28. The molecular formula is C16H17N3O4. The highest BCUT2D eigenvalue weighted by molar-refractivity contribution is 5.80. The zero-order valence-corrected chi connectivity index (χ0v) is 12.5. The van der Waals surface area contributed by atoms with Crippen LogP contribution >= 0.6 is 0 Å². The molecule has 0 unspecified atom stereocenters. The SMILES string of the molecule is O=C(O)[C@@H]1CN(C(=O)Cc2cnn(-c3ccccc3)c2)CCO1. The van der Waals surface area contributed by atoms with Gasteiger partial charge < -0.3 is 14.7 Å². The van der Waals surface area contributed by atoms with E-state index in [9.17, 15) is 9.59 Å². The molecule has 3 rings (SSSR count). The van der Waals surface area contributed by atoms with E-state index in [0.29, 0.717) is 6.54 Å². The maximum absolute atomic E-state index is 12.3. The van der Waals surface area contributed by atoms with Crippen molar-refractivity contribution in [2.24, 2.45) is 0 Å². The Morgan fingerprint density at radius 2 is 2.09 bits per heavy atom. The summed E-state index contributed by atoms with van der Waals surface area (Å²) in [6, 6.07) is 9.62. The van der Waals surface area contributed by atoms with Crippen molar-refractivity contribution < 1.29 is 19.4 Å². The number of ether oxygens (including phenoxy) is 1. The van der Waals surface area contributed by atoms with Gasteiger partial charge in [-0.3, -0.25) is 4.79 Å². The second-order valence-electron chi connectivity index (χ2n) is 5.34. The highest BCUT2D eigenvalue weighted by Crippen LogP contribution is 2.11. The normalized spacial score (nSPS) is 17.9. The predicted molar refractivity (Wildman–Crippen MR) is 81.2 cm³/mol. The van der Waals surface area contributed by atoms with Gasteiger partial charge in [-0.2, -0.15) is 5.10 Å². The Kier molecular flexibility index (Phi) is 4.38. The minimum atomic E-state index is -1.04. The fourth-order valence-electron chi connectivity index (χ4n) is 2.48. The Morgan fingerprint density at radius 3 is 2.83 bits per heavy atom. The van der Waals surface area contributed by atoms with E-state index in [2.05, 4.69) is 5.10 Å². The second kappa shape index (κ2) is 6.62. The van der Waals surface area contributed by atoms with Gasteiger partial charge >= 0.3 is 5.97 Å². The summed E-state index contributed by atoms with van der Waals surface area (Å²) in [4.78, 5) is 24.8. The van der Waals surface area contributed by atoms with Crippen molar-refractivity contribution >= 4 is 11.9 Å². The molecule has 7 heteroatoms. The van der Waals surface area contributed by atoms with Crippen molar-refractivity contribution in [3.63, 3.8) is 0 Å². The molecule has 7 nitrogen and oxygen atoms in total. The number of carbonyl (C=O) groups is 2. The first kappa shape index (κ1) is 15.2. The number of hydrogen-bond acceptors (Lipinski definition) is 4. The molecule has 1 aliphatic heterocycles. The molecule has 2 aromatic rings. The first-order valence-electron chi connectivity index (χ1n) is 7.34. The smallest absolute Gasteiger partial charge is 0.334 e. The molecule has 0 aliphatic carbocycles. The molecular weight excluding hydrogens is 298 g/mol. The number of aliphatic carboxylic acids is 1. The van der Waals surface area contributed by atoms with E-state index in [1.54, 1.807) is 10.9 Å². The fraction of sp³-hybridized carbons (Fsp3) is 0.312. The van der Waals surface area contributed by atoms with E-state index in [1.165, 1.54) is 4.90 Å². The van der Waals surface area contributed by atoms with E-state index in [4.69, 9.17) is 9.84 Å². The summed E-state index contributed by atoms with van der Waals surface area (Å²) >= 11 is 0.